The Balaban J connectivity index is 2.22. The Morgan fingerprint density at radius 1 is 1.16 bits per heavy atom. The van der Waals surface area contributed by atoms with E-state index in [0.717, 1.165) is 6.26 Å². The summed E-state index contributed by atoms with van der Waals surface area (Å²) < 4.78 is 22.6. The molecule has 0 aliphatic carbocycles. The number of aromatic nitrogens is 1. The zero-order valence-corrected chi connectivity index (χ0v) is 11.0. The molecular formula is C13H11N3O2S. The molecule has 0 amide bonds. The van der Waals surface area contributed by atoms with Crippen LogP contribution in [-0.4, -0.2) is 19.7 Å². The summed E-state index contributed by atoms with van der Waals surface area (Å²) in [5, 5.41) is 11.7. The molecule has 1 aromatic heterocycles. The molecule has 0 saturated heterocycles. The summed E-state index contributed by atoms with van der Waals surface area (Å²) in [6.07, 6.45) is 1.16. The van der Waals surface area contributed by atoms with Gasteiger partial charge in [-0.25, -0.2) is 13.4 Å². The minimum Gasteiger partial charge on any atom is -0.340 e. The van der Waals surface area contributed by atoms with Gasteiger partial charge in [0, 0.05) is 11.9 Å². The van der Waals surface area contributed by atoms with Crippen molar-refractivity contribution in [2.45, 2.75) is 4.90 Å². The quantitative estimate of drug-likeness (QED) is 0.926. The van der Waals surface area contributed by atoms with Gasteiger partial charge in [-0.05, 0) is 36.4 Å². The molecule has 2 aromatic rings. The first-order valence-corrected chi connectivity index (χ1v) is 7.32. The van der Waals surface area contributed by atoms with Crippen molar-refractivity contribution >= 4 is 21.3 Å². The van der Waals surface area contributed by atoms with Crippen LogP contribution in [0.15, 0.2) is 47.4 Å². The van der Waals surface area contributed by atoms with Gasteiger partial charge >= 0.3 is 0 Å². The number of hydrogen-bond acceptors (Lipinski definition) is 5. The van der Waals surface area contributed by atoms with Gasteiger partial charge in [-0.2, -0.15) is 5.26 Å². The topological polar surface area (TPSA) is 82.9 Å². The summed E-state index contributed by atoms with van der Waals surface area (Å²) in [6, 6.07) is 13.3. The number of anilines is 2. The van der Waals surface area contributed by atoms with Crippen LogP contribution in [0.4, 0.5) is 11.5 Å². The van der Waals surface area contributed by atoms with Crippen LogP contribution in [0.5, 0.6) is 0 Å². The molecule has 5 nitrogen and oxygen atoms in total. The fourth-order valence-electron chi connectivity index (χ4n) is 1.50. The summed E-state index contributed by atoms with van der Waals surface area (Å²) >= 11 is 0. The molecule has 0 atom stereocenters. The Bertz CT molecular complexity index is 731. The van der Waals surface area contributed by atoms with Crippen LogP contribution in [0.25, 0.3) is 0 Å². The molecule has 0 aliphatic rings. The first-order chi connectivity index (χ1) is 8.99. The zero-order valence-electron chi connectivity index (χ0n) is 10.2. The van der Waals surface area contributed by atoms with Gasteiger partial charge in [0.2, 0.25) is 0 Å². The van der Waals surface area contributed by atoms with E-state index in [-0.39, 0.29) is 4.90 Å². The average molecular weight is 273 g/mol. The van der Waals surface area contributed by atoms with Crippen LogP contribution in [-0.2, 0) is 9.84 Å². The molecule has 0 aliphatic heterocycles. The van der Waals surface area contributed by atoms with E-state index < -0.39 is 9.84 Å². The van der Waals surface area contributed by atoms with E-state index in [1.165, 1.54) is 12.1 Å². The Kier molecular flexibility index (Phi) is 3.49. The number of sulfone groups is 1. The highest BCUT2D eigenvalue weighted by atomic mass is 32.2. The number of rotatable bonds is 3. The summed E-state index contributed by atoms with van der Waals surface area (Å²) in [6.45, 7) is 0. The number of benzene rings is 1. The largest absolute Gasteiger partial charge is 0.340 e. The second-order valence-electron chi connectivity index (χ2n) is 3.94. The van der Waals surface area contributed by atoms with Crippen molar-refractivity contribution in [2.75, 3.05) is 11.6 Å². The Morgan fingerprint density at radius 2 is 1.84 bits per heavy atom. The lowest BCUT2D eigenvalue weighted by Gasteiger charge is -2.06. The molecule has 6 heteroatoms. The molecule has 0 bridgehead atoms. The van der Waals surface area contributed by atoms with E-state index in [1.807, 2.05) is 6.07 Å². The second-order valence-corrected chi connectivity index (χ2v) is 5.96. The zero-order chi connectivity index (χ0) is 13.9. The van der Waals surface area contributed by atoms with E-state index in [9.17, 15) is 8.42 Å². The molecule has 1 heterocycles. The monoisotopic (exact) mass is 273 g/mol. The fourth-order valence-corrected chi connectivity index (χ4v) is 2.13. The van der Waals surface area contributed by atoms with Crippen LogP contribution < -0.4 is 5.32 Å². The predicted octanol–water partition coefficient (Wildman–Crippen LogP) is 2.10. The normalized spacial score (nSPS) is 10.7. The average Bonchev–Trinajstić information content (AvgIpc) is 2.38. The minimum absolute atomic E-state index is 0.261. The molecular weight excluding hydrogens is 262 g/mol. The van der Waals surface area contributed by atoms with Crippen molar-refractivity contribution in [2.24, 2.45) is 0 Å². The Hall–Kier alpha value is -2.39. The number of nitriles is 1. The molecule has 2 rings (SSSR count). The highest BCUT2D eigenvalue weighted by Crippen LogP contribution is 2.17. The van der Waals surface area contributed by atoms with E-state index in [1.54, 1.807) is 30.3 Å². The number of nitrogens with one attached hydrogen (secondary N) is 1. The third-order valence-electron chi connectivity index (χ3n) is 2.42. The first-order valence-electron chi connectivity index (χ1n) is 5.43. The van der Waals surface area contributed by atoms with Gasteiger partial charge in [-0.15, -0.1) is 0 Å². The lowest BCUT2D eigenvalue weighted by Crippen LogP contribution is -1.98. The lowest BCUT2D eigenvalue weighted by molar-refractivity contribution is 0.602. The highest BCUT2D eigenvalue weighted by molar-refractivity contribution is 7.90. The van der Waals surface area contributed by atoms with Crippen LogP contribution in [0.1, 0.15) is 5.69 Å². The predicted molar refractivity (Wildman–Crippen MR) is 71.8 cm³/mol. The molecule has 96 valence electrons. The van der Waals surface area contributed by atoms with Crippen LogP contribution in [0.3, 0.4) is 0 Å². The van der Waals surface area contributed by atoms with Crippen LogP contribution >= 0.6 is 0 Å². The van der Waals surface area contributed by atoms with Crippen molar-refractivity contribution < 1.29 is 8.42 Å². The third kappa shape index (κ3) is 3.30. The summed E-state index contributed by atoms with van der Waals surface area (Å²) in [7, 11) is -3.19. The van der Waals surface area contributed by atoms with Crippen molar-refractivity contribution in [3.63, 3.8) is 0 Å². The SMILES string of the molecule is CS(=O)(=O)c1ccc(Nc2cccc(C#N)n2)cc1. The molecule has 1 N–H and O–H groups in total. The van der Waals surface area contributed by atoms with Crippen molar-refractivity contribution in [1.82, 2.24) is 4.98 Å². The van der Waals surface area contributed by atoms with Gasteiger partial charge < -0.3 is 5.32 Å². The molecule has 0 saturated carbocycles. The molecule has 0 radical (unpaired) electrons. The maximum atomic E-state index is 11.3. The van der Waals surface area contributed by atoms with Crippen LogP contribution in [0.2, 0.25) is 0 Å². The Labute approximate surface area is 111 Å². The molecule has 0 spiro atoms. The van der Waals surface area contributed by atoms with E-state index in [4.69, 9.17) is 5.26 Å². The minimum atomic E-state index is -3.19. The van der Waals surface area contributed by atoms with Crippen molar-refractivity contribution in [1.29, 1.82) is 5.26 Å². The standard InChI is InChI=1S/C13H11N3O2S/c1-19(17,18)12-7-5-10(6-8-12)15-13-4-2-3-11(9-14)16-13/h2-8H,1H3,(H,15,16). The number of hydrogen-bond donors (Lipinski definition) is 1. The van der Waals surface area contributed by atoms with Gasteiger partial charge in [0.25, 0.3) is 0 Å². The van der Waals surface area contributed by atoms with Gasteiger partial charge in [0.1, 0.15) is 17.6 Å². The van der Waals surface area contributed by atoms with Crippen molar-refractivity contribution in [3.8, 4) is 6.07 Å². The summed E-state index contributed by atoms with van der Waals surface area (Å²) in [5.41, 5.74) is 1.02. The molecule has 0 unspecified atom stereocenters. The molecule has 0 fully saturated rings. The smallest absolute Gasteiger partial charge is 0.175 e. The second kappa shape index (κ2) is 5.08. The maximum Gasteiger partial charge on any atom is 0.175 e. The highest BCUT2D eigenvalue weighted by Gasteiger charge is 2.06. The molecule has 1 aromatic carbocycles. The fraction of sp³-hybridized carbons (Fsp3) is 0.0769. The number of nitrogens with zero attached hydrogens (tertiary/aromatic N) is 2. The van der Waals surface area contributed by atoms with Gasteiger partial charge in [-0.1, -0.05) is 6.07 Å². The van der Waals surface area contributed by atoms with E-state index in [2.05, 4.69) is 10.3 Å². The summed E-state index contributed by atoms with van der Waals surface area (Å²) in [5.74, 6) is 0.533. The van der Waals surface area contributed by atoms with E-state index in [0.29, 0.717) is 17.2 Å². The summed E-state index contributed by atoms with van der Waals surface area (Å²) in [4.78, 5) is 4.33. The molecule has 19 heavy (non-hydrogen) atoms. The maximum absolute atomic E-state index is 11.3. The Morgan fingerprint density at radius 3 is 2.42 bits per heavy atom. The van der Waals surface area contributed by atoms with Crippen LogP contribution in [0, 0.1) is 11.3 Å². The van der Waals surface area contributed by atoms with Gasteiger partial charge in [0.15, 0.2) is 9.84 Å². The van der Waals surface area contributed by atoms with Gasteiger partial charge in [-0.3, -0.25) is 0 Å². The third-order valence-corrected chi connectivity index (χ3v) is 3.55. The van der Waals surface area contributed by atoms with E-state index >= 15 is 0 Å². The first kappa shape index (κ1) is 13.1. The van der Waals surface area contributed by atoms with Crippen molar-refractivity contribution in [3.05, 3.63) is 48.2 Å². The van der Waals surface area contributed by atoms with Gasteiger partial charge in [0.05, 0.1) is 4.90 Å². The number of pyridine rings is 1. The lowest BCUT2D eigenvalue weighted by atomic mass is 10.3.